The number of halogens is 1. The summed E-state index contributed by atoms with van der Waals surface area (Å²) in [5.74, 6) is 1.46. The summed E-state index contributed by atoms with van der Waals surface area (Å²) in [6, 6.07) is 4.62. The highest BCUT2D eigenvalue weighted by Crippen LogP contribution is 2.39. The first kappa shape index (κ1) is 15.0. The lowest BCUT2D eigenvalue weighted by molar-refractivity contribution is 0.171. The second-order valence-corrected chi connectivity index (χ2v) is 7.35. The minimum absolute atomic E-state index is 0.459. The molecule has 0 bridgehead atoms. The molecule has 3 rings (SSSR count). The number of fused-ring (bicyclic) bond motifs is 1. The van der Waals surface area contributed by atoms with Gasteiger partial charge < -0.3 is 14.8 Å². The van der Waals surface area contributed by atoms with Crippen LogP contribution in [0.15, 0.2) is 12.1 Å². The van der Waals surface area contributed by atoms with Gasteiger partial charge in [-0.3, -0.25) is 0 Å². The van der Waals surface area contributed by atoms with E-state index in [0.717, 1.165) is 17.9 Å². The minimum atomic E-state index is 0.459. The van der Waals surface area contributed by atoms with Crippen molar-refractivity contribution in [3.63, 3.8) is 0 Å². The quantitative estimate of drug-likeness (QED) is 0.909. The van der Waals surface area contributed by atoms with Gasteiger partial charge in [-0.05, 0) is 42.4 Å². The third kappa shape index (κ3) is 3.64. The van der Waals surface area contributed by atoms with Crippen LogP contribution in [0.4, 0.5) is 0 Å². The molecule has 2 aliphatic rings. The average molecular weight is 310 g/mol. The van der Waals surface area contributed by atoms with Crippen LogP contribution in [-0.2, 0) is 6.54 Å². The van der Waals surface area contributed by atoms with Gasteiger partial charge in [0.15, 0.2) is 11.5 Å². The summed E-state index contributed by atoms with van der Waals surface area (Å²) >= 11 is 6.28. The van der Waals surface area contributed by atoms with Crippen LogP contribution < -0.4 is 14.8 Å². The van der Waals surface area contributed by atoms with Crippen molar-refractivity contribution in [3.8, 4) is 11.5 Å². The van der Waals surface area contributed by atoms with Crippen LogP contribution in [0.25, 0.3) is 0 Å². The zero-order valence-electron chi connectivity index (χ0n) is 12.9. The van der Waals surface area contributed by atoms with Crippen LogP contribution in [0.5, 0.6) is 11.5 Å². The van der Waals surface area contributed by atoms with E-state index in [1.807, 2.05) is 12.1 Å². The van der Waals surface area contributed by atoms with Crippen molar-refractivity contribution < 1.29 is 9.47 Å². The SMILES string of the molecule is CC1(C)CCCC(NCc2cc(Cl)c3c(c2)OCCO3)C1. The lowest BCUT2D eigenvalue weighted by Crippen LogP contribution is -2.36. The molecule has 116 valence electrons. The smallest absolute Gasteiger partial charge is 0.179 e. The number of benzene rings is 1. The summed E-state index contributed by atoms with van der Waals surface area (Å²) in [7, 11) is 0. The van der Waals surface area contributed by atoms with Gasteiger partial charge in [0.25, 0.3) is 0 Å². The molecular weight excluding hydrogens is 286 g/mol. The molecule has 0 saturated heterocycles. The van der Waals surface area contributed by atoms with Crippen LogP contribution in [0.2, 0.25) is 5.02 Å². The van der Waals surface area contributed by atoms with Crippen LogP contribution >= 0.6 is 11.6 Å². The molecule has 21 heavy (non-hydrogen) atoms. The van der Waals surface area contributed by atoms with Gasteiger partial charge in [-0.2, -0.15) is 0 Å². The maximum Gasteiger partial charge on any atom is 0.179 e. The van der Waals surface area contributed by atoms with Gasteiger partial charge in [0.05, 0.1) is 5.02 Å². The number of hydrogen-bond acceptors (Lipinski definition) is 3. The maximum atomic E-state index is 6.28. The van der Waals surface area contributed by atoms with Gasteiger partial charge in [-0.15, -0.1) is 0 Å². The van der Waals surface area contributed by atoms with Crippen molar-refractivity contribution in [2.45, 2.75) is 52.1 Å². The summed E-state index contributed by atoms with van der Waals surface area (Å²) in [6.45, 7) is 6.72. The maximum absolute atomic E-state index is 6.28. The highest BCUT2D eigenvalue weighted by atomic mass is 35.5. The largest absolute Gasteiger partial charge is 0.486 e. The Labute approximate surface area is 132 Å². The molecule has 1 fully saturated rings. The molecule has 1 saturated carbocycles. The summed E-state index contributed by atoms with van der Waals surface area (Å²) in [5.41, 5.74) is 1.62. The number of hydrogen-bond donors (Lipinski definition) is 1. The monoisotopic (exact) mass is 309 g/mol. The van der Waals surface area contributed by atoms with E-state index in [1.165, 1.54) is 25.7 Å². The Morgan fingerprint density at radius 2 is 2.10 bits per heavy atom. The van der Waals surface area contributed by atoms with Crippen molar-refractivity contribution in [1.29, 1.82) is 0 Å². The van der Waals surface area contributed by atoms with E-state index >= 15 is 0 Å². The van der Waals surface area contributed by atoms with Gasteiger partial charge in [-0.1, -0.05) is 31.9 Å². The Balaban J connectivity index is 1.64. The van der Waals surface area contributed by atoms with Crippen molar-refractivity contribution in [1.82, 2.24) is 5.32 Å². The molecule has 3 nitrogen and oxygen atoms in total. The molecule has 1 N–H and O–H groups in total. The van der Waals surface area contributed by atoms with Crippen LogP contribution in [-0.4, -0.2) is 19.3 Å². The normalized spacial score (nSPS) is 23.9. The number of nitrogens with one attached hydrogen (secondary N) is 1. The molecular formula is C17H24ClNO2. The Hall–Kier alpha value is -0.930. The Morgan fingerprint density at radius 1 is 1.29 bits per heavy atom. The summed E-state index contributed by atoms with van der Waals surface area (Å²) in [6.07, 6.45) is 5.15. The predicted molar refractivity (Wildman–Crippen MR) is 85.3 cm³/mol. The highest BCUT2D eigenvalue weighted by molar-refractivity contribution is 6.32. The molecule has 1 unspecified atom stereocenters. The molecule has 1 aromatic carbocycles. The zero-order chi connectivity index (χ0) is 14.9. The standard InChI is InChI=1S/C17H24ClNO2/c1-17(2)5-3-4-13(10-17)19-11-12-8-14(18)16-15(9-12)20-6-7-21-16/h8-9,13,19H,3-7,10-11H2,1-2H3. The van der Waals surface area contributed by atoms with E-state index in [2.05, 4.69) is 19.2 Å². The first-order chi connectivity index (χ1) is 10.0. The number of ether oxygens (including phenoxy) is 2. The molecule has 1 aliphatic carbocycles. The van der Waals surface area contributed by atoms with Gasteiger partial charge >= 0.3 is 0 Å². The third-order valence-electron chi connectivity index (χ3n) is 4.46. The third-order valence-corrected chi connectivity index (χ3v) is 4.74. The average Bonchev–Trinajstić information content (AvgIpc) is 2.44. The molecule has 1 atom stereocenters. The Morgan fingerprint density at radius 3 is 2.90 bits per heavy atom. The number of rotatable bonds is 3. The van der Waals surface area contributed by atoms with Gasteiger partial charge in [0, 0.05) is 12.6 Å². The Kier molecular flexibility index (Phi) is 4.32. The fourth-order valence-corrected chi connectivity index (χ4v) is 3.69. The fraction of sp³-hybridized carbons (Fsp3) is 0.647. The van der Waals surface area contributed by atoms with Crippen molar-refractivity contribution in [2.24, 2.45) is 5.41 Å². The lowest BCUT2D eigenvalue weighted by atomic mass is 9.75. The van der Waals surface area contributed by atoms with E-state index in [0.29, 0.717) is 35.4 Å². The second-order valence-electron chi connectivity index (χ2n) is 6.94. The molecule has 0 amide bonds. The van der Waals surface area contributed by atoms with Crippen molar-refractivity contribution in [3.05, 3.63) is 22.7 Å². The van der Waals surface area contributed by atoms with Gasteiger partial charge in [0.2, 0.25) is 0 Å². The molecule has 1 aliphatic heterocycles. The Bertz CT molecular complexity index is 516. The van der Waals surface area contributed by atoms with Crippen LogP contribution in [0.3, 0.4) is 0 Å². The molecule has 1 heterocycles. The summed E-state index contributed by atoms with van der Waals surface area (Å²) in [4.78, 5) is 0. The van der Waals surface area contributed by atoms with Gasteiger partial charge in [0.1, 0.15) is 13.2 Å². The van der Waals surface area contributed by atoms with Gasteiger partial charge in [-0.25, -0.2) is 0 Å². The molecule has 0 aromatic heterocycles. The first-order valence-electron chi connectivity index (χ1n) is 7.85. The van der Waals surface area contributed by atoms with Crippen LogP contribution in [0, 0.1) is 5.41 Å². The summed E-state index contributed by atoms with van der Waals surface area (Å²) in [5, 5.41) is 4.32. The topological polar surface area (TPSA) is 30.5 Å². The summed E-state index contributed by atoms with van der Waals surface area (Å²) < 4.78 is 11.2. The fourth-order valence-electron chi connectivity index (χ4n) is 3.40. The minimum Gasteiger partial charge on any atom is -0.486 e. The second kappa shape index (κ2) is 6.05. The van der Waals surface area contributed by atoms with Crippen LogP contribution in [0.1, 0.15) is 45.1 Å². The van der Waals surface area contributed by atoms with E-state index < -0.39 is 0 Å². The predicted octanol–water partition coefficient (Wildman–Crippen LogP) is 4.17. The molecule has 1 aromatic rings. The highest BCUT2D eigenvalue weighted by Gasteiger charge is 2.27. The van der Waals surface area contributed by atoms with E-state index in [4.69, 9.17) is 21.1 Å². The molecule has 4 heteroatoms. The van der Waals surface area contributed by atoms with Crippen molar-refractivity contribution >= 4 is 11.6 Å². The van der Waals surface area contributed by atoms with E-state index in [1.54, 1.807) is 0 Å². The zero-order valence-corrected chi connectivity index (χ0v) is 13.6. The van der Waals surface area contributed by atoms with E-state index in [9.17, 15) is 0 Å². The van der Waals surface area contributed by atoms with Crippen molar-refractivity contribution in [2.75, 3.05) is 13.2 Å². The first-order valence-corrected chi connectivity index (χ1v) is 8.23. The molecule has 0 spiro atoms. The molecule has 0 radical (unpaired) electrons. The lowest BCUT2D eigenvalue weighted by Gasteiger charge is -2.35. The van der Waals surface area contributed by atoms with E-state index in [-0.39, 0.29) is 0 Å².